The van der Waals surface area contributed by atoms with Crippen molar-refractivity contribution in [3.05, 3.63) is 60.3 Å². The molecule has 160 valence electrons. The molecule has 2 aromatic carbocycles. The summed E-state index contributed by atoms with van der Waals surface area (Å²) in [5, 5.41) is 8.55. The van der Waals surface area contributed by atoms with E-state index in [0.29, 0.717) is 12.0 Å². The molecule has 3 aromatic rings. The number of anilines is 1. The molecule has 2 aliphatic rings. The Kier molecular flexibility index (Phi) is 5.41. The second kappa shape index (κ2) is 8.35. The first-order valence-corrected chi connectivity index (χ1v) is 11.4. The molecule has 0 unspecified atom stereocenters. The molecule has 0 atom stereocenters. The fourth-order valence-corrected chi connectivity index (χ4v) is 4.63. The zero-order chi connectivity index (χ0) is 21.4. The van der Waals surface area contributed by atoms with E-state index in [1.54, 1.807) is 7.11 Å². The third-order valence-electron chi connectivity index (χ3n) is 6.59. The predicted octanol–water partition coefficient (Wildman–Crippen LogP) is 5.81. The molecule has 2 N–H and O–H groups in total. The van der Waals surface area contributed by atoms with Crippen molar-refractivity contribution < 1.29 is 4.74 Å². The number of hydrogen-bond donors (Lipinski definition) is 2. The van der Waals surface area contributed by atoms with Crippen LogP contribution >= 0.6 is 0 Å². The minimum Gasteiger partial charge on any atom is -0.497 e. The number of fused-ring (bicyclic) bond motifs is 1. The molecule has 1 saturated heterocycles. The van der Waals surface area contributed by atoms with Crippen molar-refractivity contribution >= 4 is 22.2 Å². The average molecular weight is 414 g/mol. The Morgan fingerprint density at radius 3 is 2.61 bits per heavy atom. The largest absolute Gasteiger partial charge is 0.497 e. The van der Waals surface area contributed by atoms with Crippen molar-refractivity contribution in [1.82, 2.24) is 10.3 Å². The number of nitrogens with zero attached hydrogens (tertiary/aromatic N) is 1. The van der Waals surface area contributed by atoms with Gasteiger partial charge in [0.25, 0.3) is 0 Å². The first kappa shape index (κ1) is 20.1. The molecule has 0 bridgehead atoms. The van der Waals surface area contributed by atoms with Crippen LogP contribution in [0.2, 0.25) is 0 Å². The van der Waals surface area contributed by atoms with Gasteiger partial charge in [0.15, 0.2) is 0 Å². The molecule has 4 nitrogen and oxygen atoms in total. The number of piperidine rings is 1. The zero-order valence-electron chi connectivity index (χ0n) is 18.5. The number of methoxy groups -OCH3 is 1. The van der Waals surface area contributed by atoms with E-state index >= 15 is 0 Å². The van der Waals surface area contributed by atoms with Crippen LogP contribution in [0.1, 0.15) is 36.8 Å². The van der Waals surface area contributed by atoms with E-state index in [1.807, 2.05) is 6.20 Å². The Labute approximate surface area is 184 Å². The summed E-state index contributed by atoms with van der Waals surface area (Å²) in [5.41, 5.74) is 8.18. The molecule has 1 aliphatic carbocycles. The van der Waals surface area contributed by atoms with Crippen LogP contribution in [-0.2, 0) is 0 Å². The number of rotatable bonds is 6. The summed E-state index contributed by atoms with van der Waals surface area (Å²) < 4.78 is 5.51. The quantitative estimate of drug-likeness (QED) is 0.536. The Bertz CT molecular complexity index is 1130. The van der Waals surface area contributed by atoms with Gasteiger partial charge in [0.2, 0.25) is 0 Å². The molecular weight excluding hydrogens is 382 g/mol. The monoisotopic (exact) mass is 413 g/mol. The normalized spacial score (nSPS) is 17.0. The van der Waals surface area contributed by atoms with Gasteiger partial charge in [-0.15, -0.1) is 0 Å². The van der Waals surface area contributed by atoms with Crippen LogP contribution < -0.4 is 15.4 Å². The number of aromatic nitrogens is 1. The maximum absolute atomic E-state index is 5.51. The number of nitrogens with one attached hydrogen (secondary N) is 2. The second-order valence-electron chi connectivity index (χ2n) is 8.99. The molecule has 0 radical (unpaired) electrons. The zero-order valence-corrected chi connectivity index (χ0v) is 18.5. The minimum absolute atomic E-state index is 0.473. The molecule has 31 heavy (non-hydrogen) atoms. The molecule has 1 saturated carbocycles. The van der Waals surface area contributed by atoms with Crippen LogP contribution in [-0.4, -0.2) is 31.2 Å². The van der Waals surface area contributed by atoms with Gasteiger partial charge in [-0.2, -0.15) is 0 Å². The predicted molar refractivity (Wildman–Crippen MR) is 130 cm³/mol. The summed E-state index contributed by atoms with van der Waals surface area (Å²) in [6.45, 7) is 8.69. The highest BCUT2D eigenvalue weighted by atomic mass is 16.5. The van der Waals surface area contributed by atoms with E-state index in [4.69, 9.17) is 9.72 Å². The molecule has 4 heteroatoms. The number of pyridine rings is 1. The fraction of sp³-hybridized carbons (Fsp3) is 0.370. The molecule has 5 rings (SSSR count). The molecule has 1 aromatic heterocycles. The standard InChI is InChI=1S/C27H31N3O/c1-17-12-21(14-23(13-17)31-3)20-6-7-26-24(15-20)27(30-22-8-10-28-11-9-22)25(16-29-26)18(2)19-4-5-19/h6-7,12-16,19,22,28H,2,4-5,8-11H2,1,3H3,(H,29,30). The second-order valence-corrected chi connectivity index (χ2v) is 8.99. The summed E-state index contributed by atoms with van der Waals surface area (Å²) in [5.74, 6) is 1.49. The lowest BCUT2D eigenvalue weighted by molar-refractivity contribution is 0.414. The van der Waals surface area contributed by atoms with Crippen LogP contribution in [0.3, 0.4) is 0 Å². The van der Waals surface area contributed by atoms with Gasteiger partial charge in [-0.3, -0.25) is 4.98 Å². The first-order chi connectivity index (χ1) is 15.1. The molecular formula is C27H31N3O. The van der Waals surface area contributed by atoms with Gasteiger partial charge in [0, 0.05) is 23.2 Å². The number of aryl methyl sites for hydroxylation is 1. The maximum Gasteiger partial charge on any atom is 0.119 e. The molecule has 0 amide bonds. The van der Waals surface area contributed by atoms with Crippen LogP contribution in [0.5, 0.6) is 5.75 Å². The topological polar surface area (TPSA) is 46.2 Å². The summed E-state index contributed by atoms with van der Waals surface area (Å²) in [6.07, 6.45) is 6.78. The van der Waals surface area contributed by atoms with Crippen LogP contribution in [0.15, 0.2) is 49.2 Å². The van der Waals surface area contributed by atoms with Crippen LogP contribution in [0.25, 0.3) is 27.6 Å². The van der Waals surface area contributed by atoms with E-state index in [9.17, 15) is 0 Å². The van der Waals surface area contributed by atoms with Crippen molar-refractivity contribution in [2.75, 3.05) is 25.5 Å². The lowest BCUT2D eigenvalue weighted by Gasteiger charge is -2.27. The highest BCUT2D eigenvalue weighted by Gasteiger charge is 2.28. The summed E-state index contributed by atoms with van der Waals surface area (Å²) >= 11 is 0. The van der Waals surface area contributed by atoms with Gasteiger partial charge in [0.05, 0.1) is 18.3 Å². The first-order valence-electron chi connectivity index (χ1n) is 11.4. The van der Waals surface area contributed by atoms with Crippen LogP contribution in [0.4, 0.5) is 5.69 Å². The van der Waals surface area contributed by atoms with Crippen molar-refractivity contribution in [3.8, 4) is 16.9 Å². The molecule has 1 aliphatic heterocycles. The summed E-state index contributed by atoms with van der Waals surface area (Å²) in [7, 11) is 1.72. The average Bonchev–Trinajstić information content (AvgIpc) is 3.64. The number of allylic oxidation sites excluding steroid dienone is 1. The van der Waals surface area contributed by atoms with Gasteiger partial charge < -0.3 is 15.4 Å². The third kappa shape index (κ3) is 4.17. The molecule has 2 heterocycles. The van der Waals surface area contributed by atoms with Gasteiger partial charge in [-0.05, 0) is 98.1 Å². The number of benzene rings is 2. The SMILES string of the molecule is C=C(c1cnc2ccc(-c3cc(C)cc(OC)c3)cc2c1NC1CCNCC1)C1CC1. The number of hydrogen-bond acceptors (Lipinski definition) is 4. The van der Waals surface area contributed by atoms with Crippen molar-refractivity contribution in [2.24, 2.45) is 5.92 Å². The highest BCUT2D eigenvalue weighted by Crippen LogP contribution is 2.44. The highest BCUT2D eigenvalue weighted by molar-refractivity contribution is 5.99. The Hall–Kier alpha value is -2.85. The molecule has 0 spiro atoms. The van der Waals surface area contributed by atoms with Gasteiger partial charge >= 0.3 is 0 Å². The van der Waals surface area contributed by atoms with E-state index in [0.717, 1.165) is 42.8 Å². The van der Waals surface area contributed by atoms with E-state index in [1.165, 1.54) is 46.2 Å². The van der Waals surface area contributed by atoms with Gasteiger partial charge in [-0.25, -0.2) is 0 Å². The van der Waals surface area contributed by atoms with Crippen LogP contribution in [0, 0.1) is 12.8 Å². The maximum atomic E-state index is 5.51. The Balaban J connectivity index is 1.63. The van der Waals surface area contributed by atoms with Crippen molar-refractivity contribution in [3.63, 3.8) is 0 Å². The van der Waals surface area contributed by atoms with Gasteiger partial charge in [-0.1, -0.05) is 18.7 Å². The third-order valence-corrected chi connectivity index (χ3v) is 6.59. The van der Waals surface area contributed by atoms with E-state index in [2.05, 4.69) is 60.5 Å². The lowest BCUT2D eigenvalue weighted by atomic mass is 9.96. The summed E-state index contributed by atoms with van der Waals surface area (Å²) in [6, 6.07) is 13.4. The Morgan fingerprint density at radius 2 is 1.87 bits per heavy atom. The number of ether oxygens (including phenoxy) is 1. The van der Waals surface area contributed by atoms with E-state index in [-0.39, 0.29) is 0 Å². The van der Waals surface area contributed by atoms with Crippen molar-refractivity contribution in [2.45, 2.75) is 38.6 Å². The summed E-state index contributed by atoms with van der Waals surface area (Å²) in [4.78, 5) is 4.81. The van der Waals surface area contributed by atoms with Crippen molar-refractivity contribution in [1.29, 1.82) is 0 Å². The lowest BCUT2D eigenvalue weighted by Crippen LogP contribution is -2.35. The Morgan fingerprint density at radius 1 is 1.06 bits per heavy atom. The fourth-order valence-electron chi connectivity index (χ4n) is 4.63. The smallest absolute Gasteiger partial charge is 0.119 e. The molecule has 2 fully saturated rings. The minimum atomic E-state index is 0.473. The van der Waals surface area contributed by atoms with E-state index < -0.39 is 0 Å². The van der Waals surface area contributed by atoms with Gasteiger partial charge in [0.1, 0.15) is 5.75 Å².